The van der Waals surface area contributed by atoms with E-state index in [-0.39, 0.29) is 5.91 Å². The Bertz CT molecular complexity index is 902. The summed E-state index contributed by atoms with van der Waals surface area (Å²) in [7, 11) is 0. The van der Waals surface area contributed by atoms with Gasteiger partial charge in [0.05, 0.1) is 5.56 Å². The predicted molar refractivity (Wildman–Crippen MR) is 117 cm³/mol. The zero-order valence-corrected chi connectivity index (χ0v) is 16.9. The van der Waals surface area contributed by atoms with Crippen LogP contribution >= 0.6 is 11.6 Å². The third-order valence-corrected chi connectivity index (χ3v) is 4.55. The fourth-order valence-corrected chi connectivity index (χ4v) is 2.88. The molecule has 0 unspecified atom stereocenters. The van der Waals surface area contributed by atoms with Gasteiger partial charge in [-0.3, -0.25) is 4.79 Å². The van der Waals surface area contributed by atoms with Gasteiger partial charge in [0.25, 0.3) is 5.91 Å². The number of nitrogens with one attached hydrogen (secondary N) is 2. The molecule has 1 amide bonds. The van der Waals surface area contributed by atoms with Crippen LogP contribution in [-0.4, -0.2) is 24.0 Å². The zero-order chi connectivity index (χ0) is 20.3. The highest BCUT2D eigenvalue weighted by Gasteiger charge is 2.11. The minimum absolute atomic E-state index is 0.130. The van der Waals surface area contributed by atoms with Crippen molar-refractivity contribution in [3.63, 3.8) is 0 Å². The van der Waals surface area contributed by atoms with E-state index in [4.69, 9.17) is 16.3 Å². The number of rotatable bonds is 10. The van der Waals surface area contributed by atoms with E-state index in [1.54, 1.807) is 12.3 Å². The van der Waals surface area contributed by atoms with Crippen LogP contribution in [0.15, 0.2) is 72.9 Å². The number of unbranched alkanes of at least 4 members (excludes halogenated alkanes) is 1. The normalized spacial score (nSPS) is 10.4. The number of amides is 1. The molecule has 0 radical (unpaired) electrons. The van der Waals surface area contributed by atoms with Crippen molar-refractivity contribution in [2.75, 3.05) is 18.4 Å². The maximum absolute atomic E-state index is 12.5. The van der Waals surface area contributed by atoms with Crippen LogP contribution in [0.4, 0.5) is 5.82 Å². The van der Waals surface area contributed by atoms with E-state index in [2.05, 4.69) is 15.6 Å². The lowest BCUT2D eigenvalue weighted by molar-refractivity contribution is 0.0948. The highest BCUT2D eigenvalue weighted by atomic mass is 35.5. The summed E-state index contributed by atoms with van der Waals surface area (Å²) in [5.74, 6) is 1.30. The zero-order valence-electron chi connectivity index (χ0n) is 16.1. The van der Waals surface area contributed by atoms with Crippen molar-refractivity contribution in [1.82, 2.24) is 10.3 Å². The van der Waals surface area contributed by atoms with Gasteiger partial charge in [-0.2, -0.15) is 0 Å². The van der Waals surface area contributed by atoms with Crippen LogP contribution in [0.1, 0.15) is 28.8 Å². The van der Waals surface area contributed by atoms with E-state index in [0.717, 1.165) is 30.8 Å². The summed E-state index contributed by atoms with van der Waals surface area (Å²) in [6, 6.07) is 20.5. The number of anilines is 1. The molecule has 2 aromatic carbocycles. The Balaban J connectivity index is 1.42. The van der Waals surface area contributed by atoms with Gasteiger partial charge in [0.1, 0.15) is 18.2 Å². The summed E-state index contributed by atoms with van der Waals surface area (Å²) in [6.07, 6.45) is 3.57. The van der Waals surface area contributed by atoms with Crippen LogP contribution in [-0.2, 0) is 6.61 Å². The van der Waals surface area contributed by atoms with Crippen molar-refractivity contribution in [3.05, 3.63) is 89.1 Å². The molecular formula is C23H24ClN3O2. The molecule has 0 fully saturated rings. The van der Waals surface area contributed by atoms with Gasteiger partial charge >= 0.3 is 0 Å². The predicted octanol–water partition coefficient (Wildman–Crippen LogP) is 4.94. The number of aromatic nitrogens is 1. The minimum Gasteiger partial charge on any atom is -0.488 e. The fraction of sp³-hybridized carbons (Fsp3) is 0.217. The molecule has 3 aromatic rings. The second-order valence-electron chi connectivity index (χ2n) is 6.52. The molecule has 3 rings (SSSR count). The molecule has 6 heteroatoms. The average Bonchev–Trinajstić information content (AvgIpc) is 2.76. The van der Waals surface area contributed by atoms with Crippen LogP contribution in [0.3, 0.4) is 0 Å². The van der Waals surface area contributed by atoms with Gasteiger partial charge < -0.3 is 15.4 Å². The maximum Gasteiger partial charge on any atom is 0.255 e. The largest absolute Gasteiger partial charge is 0.488 e. The quantitative estimate of drug-likeness (QED) is 0.466. The second kappa shape index (κ2) is 11.1. The SMILES string of the molecule is O=C(NCCCCNc1ccccn1)c1ccccc1OCc1ccc(Cl)cc1. The van der Waals surface area contributed by atoms with Crippen molar-refractivity contribution in [2.24, 2.45) is 0 Å². The molecule has 1 aromatic heterocycles. The molecule has 5 nitrogen and oxygen atoms in total. The van der Waals surface area contributed by atoms with Crippen molar-refractivity contribution in [1.29, 1.82) is 0 Å². The summed E-state index contributed by atoms with van der Waals surface area (Å²) in [5.41, 5.74) is 1.53. The molecule has 0 atom stereocenters. The standard InChI is InChI=1S/C23H24ClN3O2/c24-19-12-10-18(11-13-19)17-29-21-8-2-1-7-20(21)23(28)27-16-6-5-15-26-22-9-3-4-14-25-22/h1-4,7-14H,5-6,15-17H2,(H,25,26)(H,27,28). The van der Waals surface area contributed by atoms with Gasteiger partial charge in [-0.05, 0) is 54.8 Å². The Hall–Kier alpha value is -3.05. The summed E-state index contributed by atoms with van der Waals surface area (Å²) in [4.78, 5) is 16.8. The molecule has 0 saturated heterocycles. The second-order valence-corrected chi connectivity index (χ2v) is 6.95. The number of carbonyl (C=O) groups excluding carboxylic acids is 1. The van der Waals surface area contributed by atoms with Gasteiger partial charge in [-0.15, -0.1) is 0 Å². The summed E-state index contributed by atoms with van der Waals surface area (Å²) in [5, 5.41) is 6.91. The highest BCUT2D eigenvalue weighted by Crippen LogP contribution is 2.20. The summed E-state index contributed by atoms with van der Waals surface area (Å²) in [6.45, 7) is 1.79. The summed E-state index contributed by atoms with van der Waals surface area (Å²) < 4.78 is 5.86. The molecular weight excluding hydrogens is 386 g/mol. The highest BCUT2D eigenvalue weighted by molar-refractivity contribution is 6.30. The molecule has 0 aliphatic heterocycles. The third-order valence-electron chi connectivity index (χ3n) is 4.30. The maximum atomic E-state index is 12.5. The number of para-hydroxylation sites is 1. The fourth-order valence-electron chi connectivity index (χ4n) is 2.75. The van der Waals surface area contributed by atoms with E-state index in [1.807, 2.05) is 60.7 Å². The van der Waals surface area contributed by atoms with Crippen molar-refractivity contribution in [2.45, 2.75) is 19.4 Å². The van der Waals surface area contributed by atoms with E-state index in [9.17, 15) is 4.79 Å². The topological polar surface area (TPSA) is 63.2 Å². The number of ether oxygens (including phenoxy) is 1. The average molecular weight is 410 g/mol. The molecule has 0 saturated carbocycles. The molecule has 29 heavy (non-hydrogen) atoms. The Morgan fingerprint density at radius 3 is 2.48 bits per heavy atom. The number of pyridine rings is 1. The molecule has 0 spiro atoms. The van der Waals surface area contributed by atoms with E-state index in [1.165, 1.54) is 0 Å². The number of halogens is 1. The molecule has 0 aliphatic carbocycles. The first-order valence-electron chi connectivity index (χ1n) is 9.62. The van der Waals surface area contributed by atoms with E-state index in [0.29, 0.717) is 29.5 Å². The van der Waals surface area contributed by atoms with Crippen LogP contribution < -0.4 is 15.4 Å². The Morgan fingerprint density at radius 2 is 1.69 bits per heavy atom. The van der Waals surface area contributed by atoms with Crippen molar-refractivity contribution < 1.29 is 9.53 Å². The first kappa shape index (κ1) is 20.7. The molecule has 150 valence electrons. The van der Waals surface area contributed by atoms with E-state index < -0.39 is 0 Å². The number of nitrogens with zero attached hydrogens (tertiary/aromatic N) is 1. The van der Waals surface area contributed by atoms with Gasteiger partial charge in [0, 0.05) is 24.3 Å². The first-order valence-corrected chi connectivity index (χ1v) is 9.99. The lowest BCUT2D eigenvalue weighted by Gasteiger charge is -2.12. The first-order chi connectivity index (χ1) is 14.2. The van der Waals surface area contributed by atoms with Gasteiger partial charge in [-0.25, -0.2) is 4.98 Å². The summed E-state index contributed by atoms with van der Waals surface area (Å²) >= 11 is 5.91. The van der Waals surface area contributed by atoms with Gasteiger partial charge in [0.2, 0.25) is 0 Å². The Morgan fingerprint density at radius 1 is 0.931 bits per heavy atom. The van der Waals surface area contributed by atoms with Crippen LogP contribution in [0.25, 0.3) is 0 Å². The number of hydrogen-bond acceptors (Lipinski definition) is 4. The number of benzene rings is 2. The van der Waals surface area contributed by atoms with Crippen LogP contribution in [0.5, 0.6) is 5.75 Å². The molecule has 1 heterocycles. The Kier molecular flexibility index (Phi) is 7.90. The lowest BCUT2D eigenvalue weighted by Crippen LogP contribution is -2.25. The van der Waals surface area contributed by atoms with E-state index >= 15 is 0 Å². The smallest absolute Gasteiger partial charge is 0.255 e. The van der Waals surface area contributed by atoms with Crippen molar-refractivity contribution in [3.8, 4) is 5.75 Å². The van der Waals surface area contributed by atoms with Gasteiger partial charge in [-0.1, -0.05) is 41.9 Å². The van der Waals surface area contributed by atoms with Gasteiger partial charge in [0.15, 0.2) is 0 Å². The molecule has 2 N–H and O–H groups in total. The minimum atomic E-state index is -0.130. The number of hydrogen-bond donors (Lipinski definition) is 2. The third kappa shape index (κ3) is 6.80. The van der Waals surface area contributed by atoms with Crippen LogP contribution in [0.2, 0.25) is 5.02 Å². The van der Waals surface area contributed by atoms with Crippen molar-refractivity contribution >= 4 is 23.3 Å². The molecule has 0 bridgehead atoms. The van der Waals surface area contributed by atoms with Crippen LogP contribution in [0, 0.1) is 0 Å². The number of carbonyl (C=O) groups is 1. The monoisotopic (exact) mass is 409 g/mol. The Labute approximate surface area is 176 Å². The lowest BCUT2D eigenvalue weighted by atomic mass is 10.1. The molecule has 0 aliphatic rings.